The Hall–Kier alpha value is -1.14. The van der Waals surface area contributed by atoms with Gasteiger partial charge in [0.15, 0.2) is 0 Å². The van der Waals surface area contributed by atoms with Gasteiger partial charge in [-0.1, -0.05) is 19.3 Å². The van der Waals surface area contributed by atoms with Gasteiger partial charge >= 0.3 is 5.97 Å². The van der Waals surface area contributed by atoms with E-state index in [-0.39, 0.29) is 31.5 Å². The van der Waals surface area contributed by atoms with Crippen LogP contribution in [0, 0.1) is 5.92 Å². The highest BCUT2D eigenvalue weighted by Gasteiger charge is 2.21. The van der Waals surface area contributed by atoms with Crippen molar-refractivity contribution in [3.05, 3.63) is 0 Å². The fourth-order valence-corrected chi connectivity index (χ4v) is 2.80. The predicted molar refractivity (Wildman–Crippen MR) is 82.3 cm³/mol. The van der Waals surface area contributed by atoms with Crippen LogP contribution in [0.2, 0.25) is 0 Å². The molecule has 1 saturated carbocycles. The molecule has 0 aromatic carbocycles. The first-order chi connectivity index (χ1) is 10.7. The van der Waals surface area contributed by atoms with E-state index in [1.165, 1.54) is 26.4 Å². The van der Waals surface area contributed by atoms with Gasteiger partial charge in [-0.2, -0.15) is 0 Å². The summed E-state index contributed by atoms with van der Waals surface area (Å²) in [6.07, 6.45) is 6.69. The molecule has 0 saturated heterocycles. The Morgan fingerprint density at radius 1 is 1.14 bits per heavy atom. The Morgan fingerprint density at radius 2 is 1.86 bits per heavy atom. The Labute approximate surface area is 132 Å². The number of aliphatic hydroxyl groups excluding tert-OH is 1. The molecule has 128 valence electrons. The van der Waals surface area contributed by atoms with Gasteiger partial charge < -0.3 is 19.5 Å². The molecule has 1 aliphatic rings. The average Bonchev–Trinajstić information content (AvgIpc) is 2.54. The number of methoxy groups -OCH3 is 1. The SMILES string of the molecule is COC(=O)CCN(CCOCCO)C(=O)CC1CCCCC1. The van der Waals surface area contributed by atoms with Crippen molar-refractivity contribution >= 4 is 11.9 Å². The average molecular weight is 315 g/mol. The normalized spacial score (nSPS) is 15.5. The van der Waals surface area contributed by atoms with Crippen molar-refractivity contribution in [2.24, 2.45) is 5.92 Å². The van der Waals surface area contributed by atoms with Gasteiger partial charge in [0.05, 0.1) is 33.4 Å². The lowest BCUT2D eigenvalue weighted by atomic mass is 9.86. The van der Waals surface area contributed by atoms with Gasteiger partial charge in [-0.3, -0.25) is 9.59 Å². The second-order valence-electron chi connectivity index (χ2n) is 5.75. The van der Waals surface area contributed by atoms with Crippen LogP contribution in [0.15, 0.2) is 0 Å². The molecule has 0 atom stereocenters. The fraction of sp³-hybridized carbons (Fsp3) is 0.875. The summed E-state index contributed by atoms with van der Waals surface area (Å²) in [5.74, 6) is 0.246. The maximum Gasteiger partial charge on any atom is 0.307 e. The highest BCUT2D eigenvalue weighted by Crippen LogP contribution is 2.26. The predicted octanol–water partition coefficient (Wildman–Crippen LogP) is 1.36. The third-order valence-electron chi connectivity index (χ3n) is 4.10. The lowest BCUT2D eigenvalue weighted by molar-refractivity contribution is -0.142. The molecule has 1 amide bonds. The number of amides is 1. The molecule has 0 aromatic heterocycles. The van der Waals surface area contributed by atoms with Crippen molar-refractivity contribution in [1.29, 1.82) is 0 Å². The van der Waals surface area contributed by atoms with Gasteiger partial charge in [-0.05, 0) is 18.8 Å². The zero-order chi connectivity index (χ0) is 16.2. The van der Waals surface area contributed by atoms with Crippen molar-refractivity contribution in [2.75, 3.05) is 40.0 Å². The molecule has 0 spiro atoms. The van der Waals surface area contributed by atoms with Crippen molar-refractivity contribution in [2.45, 2.75) is 44.9 Å². The summed E-state index contributed by atoms with van der Waals surface area (Å²) in [6, 6.07) is 0. The molecular weight excluding hydrogens is 286 g/mol. The van der Waals surface area contributed by atoms with Crippen LogP contribution in [0.3, 0.4) is 0 Å². The number of hydrogen-bond donors (Lipinski definition) is 1. The van der Waals surface area contributed by atoms with Crippen LogP contribution in [0.1, 0.15) is 44.9 Å². The molecule has 22 heavy (non-hydrogen) atoms. The standard InChI is InChI=1S/C16H29NO5/c1-21-16(20)7-8-17(9-11-22-12-10-18)15(19)13-14-5-3-2-4-6-14/h14,18H,2-13H2,1H3. The molecule has 1 aliphatic carbocycles. The van der Waals surface area contributed by atoms with E-state index in [4.69, 9.17) is 9.84 Å². The summed E-state index contributed by atoms with van der Waals surface area (Å²) >= 11 is 0. The first kappa shape index (κ1) is 18.9. The van der Waals surface area contributed by atoms with Crippen LogP contribution < -0.4 is 0 Å². The van der Waals surface area contributed by atoms with Gasteiger partial charge in [0.2, 0.25) is 5.91 Å². The van der Waals surface area contributed by atoms with Crippen molar-refractivity contribution < 1.29 is 24.2 Å². The minimum Gasteiger partial charge on any atom is -0.469 e. The number of carbonyl (C=O) groups excluding carboxylic acids is 2. The number of esters is 1. The van der Waals surface area contributed by atoms with Crippen LogP contribution in [0.5, 0.6) is 0 Å². The minimum atomic E-state index is -0.313. The Bertz CT molecular complexity index is 328. The summed E-state index contributed by atoms with van der Waals surface area (Å²) in [6.45, 7) is 1.42. The molecule has 1 rings (SSSR count). The minimum absolute atomic E-state index is 0.0296. The first-order valence-electron chi connectivity index (χ1n) is 8.20. The number of nitrogens with zero attached hydrogens (tertiary/aromatic N) is 1. The number of hydrogen-bond acceptors (Lipinski definition) is 5. The number of carbonyl (C=O) groups is 2. The number of aliphatic hydroxyl groups is 1. The summed E-state index contributed by atoms with van der Waals surface area (Å²) in [5.41, 5.74) is 0. The highest BCUT2D eigenvalue weighted by molar-refractivity contribution is 5.77. The van der Waals surface area contributed by atoms with Crippen LogP contribution in [0.25, 0.3) is 0 Å². The van der Waals surface area contributed by atoms with Crippen molar-refractivity contribution in [3.8, 4) is 0 Å². The molecule has 6 nitrogen and oxygen atoms in total. The summed E-state index contributed by atoms with van der Waals surface area (Å²) < 4.78 is 9.86. The molecule has 0 heterocycles. The quantitative estimate of drug-likeness (QED) is 0.486. The van der Waals surface area contributed by atoms with Gasteiger partial charge in [-0.25, -0.2) is 0 Å². The molecule has 0 aliphatic heterocycles. The summed E-state index contributed by atoms with van der Waals surface area (Å²) in [5, 5.41) is 8.70. The third kappa shape index (κ3) is 7.75. The largest absolute Gasteiger partial charge is 0.469 e. The third-order valence-corrected chi connectivity index (χ3v) is 4.10. The second-order valence-corrected chi connectivity index (χ2v) is 5.75. The van der Waals surface area contributed by atoms with E-state index < -0.39 is 0 Å². The zero-order valence-corrected chi connectivity index (χ0v) is 13.6. The molecule has 6 heteroatoms. The smallest absolute Gasteiger partial charge is 0.307 e. The van der Waals surface area contributed by atoms with E-state index in [1.54, 1.807) is 4.90 Å². The van der Waals surface area contributed by atoms with E-state index in [0.29, 0.717) is 32.0 Å². The molecule has 0 bridgehead atoms. The van der Waals surface area contributed by atoms with E-state index in [0.717, 1.165) is 12.8 Å². The summed E-state index contributed by atoms with van der Waals surface area (Å²) in [7, 11) is 1.35. The molecule has 0 unspecified atom stereocenters. The van der Waals surface area contributed by atoms with Crippen molar-refractivity contribution in [1.82, 2.24) is 4.90 Å². The topological polar surface area (TPSA) is 76.1 Å². The van der Waals surface area contributed by atoms with Gasteiger partial charge in [-0.15, -0.1) is 0 Å². The summed E-state index contributed by atoms with van der Waals surface area (Å²) in [4.78, 5) is 25.4. The Morgan fingerprint density at radius 3 is 2.50 bits per heavy atom. The first-order valence-corrected chi connectivity index (χ1v) is 8.20. The molecule has 1 N–H and O–H groups in total. The van der Waals surface area contributed by atoms with E-state index in [1.807, 2.05) is 0 Å². The zero-order valence-electron chi connectivity index (χ0n) is 13.6. The van der Waals surface area contributed by atoms with Gasteiger partial charge in [0.25, 0.3) is 0 Å². The van der Waals surface area contributed by atoms with Crippen LogP contribution in [-0.2, 0) is 19.1 Å². The Kier molecular flexibility index (Phi) is 9.82. The van der Waals surface area contributed by atoms with E-state index >= 15 is 0 Å². The lowest BCUT2D eigenvalue weighted by Gasteiger charge is -2.26. The maximum atomic E-state index is 12.4. The highest BCUT2D eigenvalue weighted by atomic mass is 16.5. The van der Waals surface area contributed by atoms with E-state index in [2.05, 4.69) is 4.74 Å². The lowest BCUT2D eigenvalue weighted by Crippen LogP contribution is -2.37. The van der Waals surface area contributed by atoms with Crippen LogP contribution in [0.4, 0.5) is 0 Å². The molecular formula is C16H29NO5. The molecule has 0 aromatic rings. The number of ether oxygens (including phenoxy) is 2. The molecule has 1 fully saturated rings. The molecule has 0 radical (unpaired) electrons. The second kappa shape index (κ2) is 11.4. The maximum absolute atomic E-state index is 12.4. The number of rotatable bonds is 10. The van der Waals surface area contributed by atoms with Gasteiger partial charge in [0, 0.05) is 19.5 Å². The van der Waals surface area contributed by atoms with Crippen LogP contribution >= 0.6 is 0 Å². The monoisotopic (exact) mass is 315 g/mol. The Balaban J connectivity index is 2.42. The fourth-order valence-electron chi connectivity index (χ4n) is 2.80. The van der Waals surface area contributed by atoms with E-state index in [9.17, 15) is 9.59 Å². The van der Waals surface area contributed by atoms with Crippen molar-refractivity contribution in [3.63, 3.8) is 0 Å². The van der Waals surface area contributed by atoms with Crippen LogP contribution in [-0.4, -0.2) is 61.9 Å². The van der Waals surface area contributed by atoms with Gasteiger partial charge in [0.1, 0.15) is 0 Å².